The fraction of sp³-hybridized carbons (Fsp3) is 0.250. The maximum Gasteiger partial charge on any atom is 0.336 e. The van der Waals surface area contributed by atoms with Crippen LogP contribution in [-0.2, 0) is 4.79 Å². The first kappa shape index (κ1) is 16.2. The highest BCUT2D eigenvalue weighted by Gasteiger charge is 2.14. The average molecular weight is 325 g/mol. The summed E-state index contributed by atoms with van der Waals surface area (Å²) < 4.78 is 13.7. The number of carboxylic acids is 1. The zero-order valence-corrected chi connectivity index (χ0v) is 13.6. The lowest BCUT2D eigenvalue weighted by Crippen LogP contribution is -2.17. The lowest BCUT2D eigenvalue weighted by Gasteiger charge is -2.17. The van der Waals surface area contributed by atoms with E-state index in [-0.39, 0.29) is 5.57 Å². The van der Waals surface area contributed by atoms with E-state index in [0.29, 0.717) is 11.1 Å². The molecule has 124 valence electrons. The third-order valence-corrected chi connectivity index (χ3v) is 4.39. The van der Waals surface area contributed by atoms with Crippen molar-refractivity contribution >= 4 is 23.3 Å². The Hall–Kier alpha value is -2.62. The first-order valence-electron chi connectivity index (χ1n) is 8.11. The third-order valence-electron chi connectivity index (χ3n) is 4.39. The first-order valence-corrected chi connectivity index (χ1v) is 8.11. The second kappa shape index (κ2) is 6.87. The molecule has 0 bridgehead atoms. The van der Waals surface area contributed by atoms with Crippen molar-refractivity contribution in [3.63, 3.8) is 0 Å². The number of carboxylic acid groups (broad SMARTS) is 1. The highest BCUT2D eigenvalue weighted by molar-refractivity contribution is 6.20. The summed E-state index contributed by atoms with van der Waals surface area (Å²) in [6.45, 7) is 3.79. The molecule has 3 nitrogen and oxygen atoms in total. The zero-order chi connectivity index (χ0) is 17.1. The van der Waals surface area contributed by atoms with Gasteiger partial charge in [0.05, 0.1) is 5.57 Å². The fourth-order valence-electron chi connectivity index (χ4n) is 2.95. The highest BCUT2D eigenvalue weighted by Crippen LogP contribution is 2.24. The predicted molar refractivity (Wildman–Crippen MR) is 94.5 cm³/mol. The van der Waals surface area contributed by atoms with E-state index in [4.69, 9.17) is 0 Å². The molecule has 0 saturated carbocycles. The molecule has 0 aliphatic carbocycles. The van der Waals surface area contributed by atoms with E-state index in [1.165, 1.54) is 18.9 Å². The van der Waals surface area contributed by atoms with Gasteiger partial charge >= 0.3 is 5.97 Å². The topological polar surface area (TPSA) is 40.5 Å². The molecule has 1 aliphatic heterocycles. The number of anilines is 1. The molecule has 0 atom stereocenters. The van der Waals surface area contributed by atoms with Crippen LogP contribution < -0.4 is 4.90 Å². The Morgan fingerprint density at radius 1 is 1.12 bits per heavy atom. The number of halogens is 1. The molecule has 0 radical (unpaired) electrons. The van der Waals surface area contributed by atoms with Gasteiger partial charge in [-0.15, -0.1) is 0 Å². The van der Waals surface area contributed by atoms with Gasteiger partial charge in [-0.2, -0.15) is 0 Å². The van der Waals surface area contributed by atoms with Crippen molar-refractivity contribution in [2.75, 3.05) is 18.0 Å². The summed E-state index contributed by atoms with van der Waals surface area (Å²) in [5, 5.41) is 9.48. The molecule has 2 aromatic rings. The van der Waals surface area contributed by atoms with Gasteiger partial charge in [-0.1, -0.05) is 24.3 Å². The van der Waals surface area contributed by atoms with Crippen molar-refractivity contribution < 1.29 is 14.3 Å². The van der Waals surface area contributed by atoms with Crippen molar-refractivity contribution in [3.05, 3.63) is 65.0 Å². The second-order valence-corrected chi connectivity index (χ2v) is 6.11. The molecular formula is C20H20FNO2. The normalized spacial score (nSPS) is 14.9. The maximum atomic E-state index is 13.7. The minimum absolute atomic E-state index is 0.0859. The number of carbonyl (C=O) groups is 1. The summed E-state index contributed by atoms with van der Waals surface area (Å²) in [6, 6.07) is 12.3. The molecule has 3 rings (SSSR count). The molecule has 4 heteroatoms. The Bertz CT molecular complexity index is 775. The van der Waals surface area contributed by atoms with Crippen LogP contribution in [-0.4, -0.2) is 24.2 Å². The molecule has 1 fully saturated rings. The van der Waals surface area contributed by atoms with Crippen LogP contribution in [0.25, 0.3) is 11.6 Å². The fourth-order valence-corrected chi connectivity index (χ4v) is 2.95. The predicted octanol–water partition coefficient (Wildman–Crippen LogP) is 4.36. The number of benzene rings is 2. The van der Waals surface area contributed by atoms with E-state index in [9.17, 15) is 14.3 Å². The largest absolute Gasteiger partial charge is 0.478 e. The number of aryl methyl sites for hydroxylation is 1. The summed E-state index contributed by atoms with van der Waals surface area (Å²) >= 11 is 0. The van der Waals surface area contributed by atoms with Crippen LogP contribution in [0, 0.1) is 12.7 Å². The molecular weight excluding hydrogens is 305 g/mol. The van der Waals surface area contributed by atoms with Crippen molar-refractivity contribution in [1.29, 1.82) is 0 Å². The highest BCUT2D eigenvalue weighted by atomic mass is 19.1. The molecule has 1 saturated heterocycles. The second-order valence-electron chi connectivity index (χ2n) is 6.11. The number of rotatable bonds is 4. The Morgan fingerprint density at radius 2 is 1.79 bits per heavy atom. The molecule has 24 heavy (non-hydrogen) atoms. The van der Waals surface area contributed by atoms with Gasteiger partial charge in [0, 0.05) is 18.8 Å². The molecule has 0 unspecified atom stereocenters. The van der Waals surface area contributed by atoms with Gasteiger partial charge in [0.2, 0.25) is 0 Å². The van der Waals surface area contributed by atoms with Crippen molar-refractivity contribution in [2.45, 2.75) is 19.8 Å². The van der Waals surface area contributed by atoms with Gasteiger partial charge in [-0.3, -0.25) is 0 Å². The van der Waals surface area contributed by atoms with Crippen LogP contribution in [0.3, 0.4) is 0 Å². The molecule has 2 aromatic carbocycles. The number of nitrogens with zero attached hydrogens (tertiary/aromatic N) is 1. The van der Waals surface area contributed by atoms with Gasteiger partial charge in [0.15, 0.2) is 0 Å². The van der Waals surface area contributed by atoms with Crippen LogP contribution >= 0.6 is 0 Å². The smallest absolute Gasteiger partial charge is 0.336 e. The van der Waals surface area contributed by atoms with E-state index in [1.54, 1.807) is 25.1 Å². The lowest BCUT2D eigenvalue weighted by molar-refractivity contribution is -0.130. The maximum absolute atomic E-state index is 13.7. The van der Waals surface area contributed by atoms with Gasteiger partial charge in [-0.25, -0.2) is 9.18 Å². The Labute approximate surface area is 141 Å². The molecule has 1 heterocycles. The van der Waals surface area contributed by atoms with Gasteiger partial charge in [0.25, 0.3) is 0 Å². The minimum Gasteiger partial charge on any atom is -0.478 e. The van der Waals surface area contributed by atoms with E-state index in [2.05, 4.69) is 4.90 Å². The van der Waals surface area contributed by atoms with E-state index >= 15 is 0 Å². The number of hydrogen-bond donors (Lipinski definition) is 1. The van der Waals surface area contributed by atoms with Crippen molar-refractivity contribution in [3.8, 4) is 0 Å². The van der Waals surface area contributed by atoms with Crippen LogP contribution in [0.4, 0.5) is 10.1 Å². The molecule has 1 aliphatic rings. The Kier molecular flexibility index (Phi) is 4.65. The first-order chi connectivity index (χ1) is 11.5. The summed E-state index contributed by atoms with van der Waals surface area (Å²) in [7, 11) is 0. The third kappa shape index (κ3) is 3.48. The molecule has 1 N–H and O–H groups in total. The van der Waals surface area contributed by atoms with Crippen LogP contribution in [0.2, 0.25) is 0 Å². The number of aliphatic carboxylic acids is 1. The Morgan fingerprint density at radius 3 is 2.38 bits per heavy atom. The van der Waals surface area contributed by atoms with E-state index in [1.807, 2.05) is 24.3 Å². The Balaban J connectivity index is 1.90. The SMILES string of the molecule is Cc1ccc(/C(=C/c2ccc(N3CCCC3)cc2)C(=O)O)cc1F. The quantitative estimate of drug-likeness (QED) is 0.671. The lowest BCUT2D eigenvalue weighted by atomic mass is 10.0. The summed E-state index contributed by atoms with van der Waals surface area (Å²) in [5.74, 6) is -1.47. The standard InChI is InChI=1S/C20H20FNO2/c1-14-4-7-16(13-19(14)21)18(20(23)24)12-15-5-8-17(9-6-15)22-10-2-3-11-22/h4-9,12-13H,2-3,10-11H2,1H3,(H,23,24)/b18-12-. The number of hydrogen-bond acceptors (Lipinski definition) is 2. The summed E-state index contributed by atoms with van der Waals surface area (Å²) in [5.41, 5.74) is 2.90. The zero-order valence-electron chi connectivity index (χ0n) is 13.6. The summed E-state index contributed by atoms with van der Waals surface area (Å²) in [6.07, 6.45) is 4.01. The molecule has 0 spiro atoms. The van der Waals surface area contributed by atoms with Crippen LogP contribution in [0.5, 0.6) is 0 Å². The summed E-state index contributed by atoms with van der Waals surface area (Å²) in [4.78, 5) is 13.9. The van der Waals surface area contributed by atoms with E-state index < -0.39 is 11.8 Å². The minimum atomic E-state index is -1.07. The van der Waals surface area contributed by atoms with Gasteiger partial charge in [0.1, 0.15) is 5.82 Å². The van der Waals surface area contributed by atoms with Crippen LogP contribution in [0.1, 0.15) is 29.5 Å². The van der Waals surface area contributed by atoms with Crippen molar-refractivity contribution in [1.82, 2.24) is 0 Å². The van der Waals surface area contributed by atoms with Crippen LogP contribution in [0.15, 0.2) is 42.5 Å². The average Bonchev–Trinajstić information content (AvgIpc) is 3.10. The molecule has 0 amide bonds. The van der Waals surface area contributed by atoms with Gasteiger partial charge < -0.3 is 10.0 Å². The van der Waals surface area contributed by atoms with Crippen molar-refractivity contribution in [2.24, 2.45) is 0 Å². The van der Waals surface area contributed by atoms with Gasteiger partial charge in [-0.05, 0) is 60.7 Å². The van der Waals surface area contributed by atoms with E-state index in [0.717, 1.165) is 24.3 Å². The monoisotopic (exact) mass is 325 g/mol. The molecule has 0 aromatic heterocycles.